The molecule has 0 amide bonds. The molecule has 2 aromatic heterocycles. The molecule has 0 fully saturated rings. The van der Waals surface area contributed by atoms with E-state index in [1.165, 1.54) is 21.8 Å². The molecule has 0 atom stereocenters. The van der Waals surface area contributed by atoms with Crippen LogP contribution in [0.2, 0.25) is 0 Å². The largest absolute Gasteiger partial charge is 0.298 e. The Labute approximate surface area is 95.6 Å². The summed E-state index contributed by atoms with van der Waals surface area (Å²) in [6.45, 7) is 2.06. The molecule has 4 nitrogen and oxygen atoms in total. The standard InChI is InChI=1S/C7H8N4S2.ClH/c1-4-2-3-12-5(4)6-10-11-7(9-8)13-6;/h2-3H,8H2,1H3,(H,9,11);1H. The molecule has 0 radical (unpaired) electrons. The fourth-order valence-corrected chi connectivity index (χ4v) is 2.70. The van der Waals surface area contributed by atoms with Gasteiger partial charge in [0.05, 0.1) is 4.88 Å². The van der Waals surface area contributed by atoms with Crippen molar-refractivity contribution in [1.29, 1.82) is 0 Å². The first-order chi connectivity index (χ1) is 6.31. The van der Waals surface area contributed by atoms with E-state index in [0.717, 1.165) is 5.01 Å². The molecule has 14 heavy (non-hydrogen) atoms. The van der Waals surface area contributed by atoms with Crippen LogP contribution in [0, 0.1) is 6.92 Å². The molecule has 0 aromatic carbocycles. The first-order valence-corrected chi connectivity index (χ1v) is 5.35. The molecule has 3 N–H and O–H groups in total. The van der Waals surface area contributed by atoms with Crippen LogP contribution in [0.15, 0.2) is 11.4 Å². The number of nitrogens with zero attached hydrogens (tertiary/aromatic N) is 2. The van der Waals surface area contributed by atoms with E-state index in [9.17, 15) is 0 Å². The number of hydrazine groups is 1. The van der Waals surface area contributed by atoms with Gasteiger partial charge in [-0.25, -0.2) is 5.84 Å². The van der Waals surface area contributed by atoms with Gasteiger partial charge in [0.1, 0.15) is 0 Å². The molecule has 0 aliphatic carbocycles. The number of hydrogen-bond acceptors (Lipinski definition) is 6. The topological polar surface area (TPSA) is 63.8 Å². The average Bonchev–Trinajstić information content (AvgIpc) is 2.71. The summed E-state index contributed by atoms with van der Waals surface area (Å²) in [6.07, 6.45) is 0. The monoisotopic (exact) mass is 248 g/mol. The Morgan fingerprint density at radius 2 is 2.21 bits per heavy atom. The van der Waals surface area contributed by atoms with Gasteiger partial charge in [-0.05, 0) is 23.9 Å². The molecule has 0 saturated carbocycles. The summed E-state index contributed by atoms with van der Waals surface area (Å²) in [5.74, 6) is 5.22. The third kappa shape index (κ3) is 2.03. The highest BCUT2D eigenvalue weighted by atomic mass is 35.5. The number of hydrogen-bond donors (Lipinski definition) is 2. The van der Waals surface area contributed by atoms with Crippen LogP contribution in [0.3, 0.4) is 0 Å². The van der Waals surface area contributed by atoms with Crippen LogP contribution in [-0.2, 0) is 0 Å². The van der Waals surface area contributed by atoms with Crippen LogP contribution in [0.4, 0.5) is 5.13 Å². The first-order valence-electron chi connectivity index (χ1n) is 3.66. The summed E-state index contributed by atoms with van der Waals surface area (Å²) in [4.78, 5) is 1.17. The summed E-state index contributed by atoms with van der Waals surface area (Å²) < 4.78 is 0. The van der Waals surface area contributed by atoms with Crippen molar-refractivity contribution in [1.82, 2.24) is 10.2 Å². The highest BCUT2D eigenvalue weighted by Crippen LogP contribution is 2.32. The molecule has 0 bridgehead atoms. The molecule has 2 aromatic rings. The summed E-state index contributed by atoms with van der Waals surface area (Å²) in [5.41, 5.74) is 3.70. The van der Waals surface area contributed by atoms with E-state index in [1.807, 2.05) is 5.38 Å². The van der Waals surface area contributed by atoms with Crippen LogP contribution in [0.25, 0.3) is 9.88 Å². The minimum absolute atomic E-state index is 0. The maximum Gasteiger partial charge on any atom is 0.220 e. The van der Waals surface area contributed by atoms with E-state index >= 15 is 0 Å². The van der Waals surface area contributed by atoms with Crippen molar-refractivity contribution in [3.63, 3.8) is 0 Å². The molecule has 7 heteroatoms. The predicted molar refractivity (Wildman–Crippen MR) is 63.0 cm³/mol. The number of nitrogen functional groups attached to an aromatic ring is 1. The lowest BCUT2D eigenvalue weighted by Gasteiger charge is -1.89. The van der Waals surface area contributed by atoms with Gasteiger partial charge in [0.15, 0.2) is 5.01 Å². The van der Waals surface area contributed by atoms with Gasteiger partial charge < -0.3 is 0 Å². The number of rotatable bonds is 2. The van der Waals surface area contributed by atoms with Crippen molar-refractivity contribution >= 4 is 40.2 Å². The van der Waals surface area contributed by atoms with Crippen LogP contribution < -0.4 is 11.3 Å². The Hall–Kier alpha value is -0.690. The van der Waals surface area contributed by atoms with Gasteiger partial charge in [0, 0.05) is 0 Å². The molecule has 2 heterocycles. The Balaban J connectivity index is 0.000000980. The Kier molecular flexibility index (Phi) is 3.82. The second-order valence-corrected chi connectivity index (χ2v) is 4.38. The van der Waals surface area contributed by atoms with Crippen LogP contribution in [-0.4, -0.2) is 10.2 Å². The van der Waals surface area contributed by atoms with E-state index in [1.54, 1.807) is 11.3 Å². The fraction of sp³-hybridized carbons (Fsp3) is 0.143. The maximum absolute atomic E-state index is 5.22. The highest BCUT2D eigenvalue weighted by molar-refractivity contribution is 7.23. The Bertz CT molecular complexity index is 411. The lowest BCUT2D eigenvalue weighted by molar-refractivity contribution is 1.08. The number of nitrogens with one attached hydrogen (secondary N) is 1. The predicted octanol–water partition coefficient (Wildman–Crippen LogP) is 2.28. The first kappa shape index (κ1) is 11.4. The van der Waals surface area contributed by atoms with Crippen LogP contribution in [0.5, 0.6) is 0 Å². The third-order valence-corrected chi connectivity index (χ3v) is 3.63. The second kappa shape index (κ2) is 4.70. The van der Waals surface area contributed by atoms with Crippen molar-refractivity contribution in [2.75, 3.05) is 5.43 Å². The zero-order valence-corrected chi connectivity index (χ0v) is 9.80. The lowest BCUT2D eigenvalue weighted by Crippen LogP contribution is -2.05. The van der Waals surface area contributed by atoms with Gasteiger partial charge >= 0.3 is 0 Å². The fourth-order valence-electron chi connectivity index (χ4n) is 0.965. The molecular formula is C7H9ClN4S2. The van der Waals surface area contributed by atoms with Crippen molar-refractivity contribution in [2.45, 2.75) is 6.92 Å². The number of thiophene rings is 1. The lowest BCUT2D eigenvalue weighted by atomic mass is 10.3. The van der Waals surface area contributed by atoms with Crippen molar-refractivity contribution < 1.29 is 0 Å². The normalized spacial score (nSPS) is 9.57. The van der Waals surface area contributed by atoms with Crippen LogP contribution in [0.1, 0.15) is 5.56 Å². The number of aryl methyl sites for hydroxylation is 1. The van der Waals surface area contributed by atoms with E-state index in [2.05, 4.69) is 28.6 Å². The molecule has 0 saturated heterocycles. The Morgan fingerprint density at radius 1 is 1.43 bits per heavy atom. The number of nitrogens with two attached hydrogens (primary N) is 1. The van der Waals surface area contributed by atoms with Gasteiger partial charge in [-0.2, -0.15) is 0 Å². The smallest absolute Gasteiger partial charge is 0.220 e. The second-order valence-electron chi connectivity index (χ2n) is 2.49. The van der Waals surface area contributed by atoms with E-state index in [-0.39, 0.29) is 12.4 Å². The van der Waals surface area contributed by atoms with Gasteiger partial charge in [-0.15, -0.1) is 33.9 Å². The number of halogens is 1. The Morgan fingerprint density at radius 3 is 2.71 bits per heavy atom. The zero-order chi connectivity index (χ0) is 9.26. The molecule has 2 rings (SSSR count). The van der Waals surface area contributed by atoms with E-state index < -0.39 is 0 Å². The van der Waals surface area contributed by atoms with Crippen LogP contribution >= 0.6 is 35.1 Å². The minimum atomic E-state index is 0. The van der Waals surface area contributed by atoms with Crippen molar-refractivity contribution in [3.8, 4) is 9.88 Å². The molecule has 76 valence electrons. The van der Waals surface area contributed by atoms with Gasteiger partial charge in [0.2, 0.25) is 5.13 Å². The summed E-state index contributed by atoms with van der Waals surface area (Å²) in [7, 11) is 0. The average molecular weight is 249 g/mol. The third-order valence-electron chi connectivity index (χ3n) is 1.60. The zero-order valence-electron chi connectivity index (χ0n) is 7.35. The molecule has 0 aliphatic rings. The van der Waals surface area contributed by atoms with Crippen molar-refractivity contribution in [3.05, 3.63) is 17.0 Å². The molecule has 0 spiro atoms. The molecule has 0 unspecified atom stereocenters. The van der Waals surface area contributed by atoms with Gasteiger partial charge in [-0.1, -0.05) is 11.3 Å². The maximum atomic E-state index is 5.22. The van der Waals surface area contributed by atoms with Gasteiger partial charge in [0.25, 0.3) is 0 Å². The molecular weight excluding hydrogens is 240 g/mol. The van der Waals surface area contributed by atoms with Crippen molar-refractivity contribution in [2.24, 2.45) is 5.84 Å². The summed E-state index contributed by atoms with van der Waals surface area (Å²) in [5, 5.41) is 11.5. The number of anilines is 1. The highest BCUT2D eigenvalue weighted by Gasteiger charge is 2.08. The van der Waals surface area contributed by atoms with Gasteiger partial charge in [-0.3, -0.25) is 5.43 Å². The van der Waals surface area contributed by atoms with E-state index in [4.69, 9.17) is 5.84 Å². The summed E-state index contributed by atoms with van der Waals surface area (Å²) in [6, 6.07) is 2.07. The molecule has 0 aliphatic heterocycles. The SMILES string of the molecule is Cc1ccsc1-c1nnc(NN)s1.Cl. The minimum Gasteiger partial charge on any atom is -0.298 e. The number of aromatic nitrogens is 2. The summed E-state index contributed by atoms with van der Waals surface area (Å²) >= 11 is 3.12. The van der Waals surface area contributed by atoms with E-state index in [0.29, 0.717) is 5.13 Å². The quantitative estimate of drug-likeness (QED) is 0.632.